The zero-order valence-corrected chi connectivity index (χ0v) is 13.3. The minimum atomic E-state index is 0.556. The summed E-state index contributed by atoms with van der Waals surface area (Å²) in [6.07, 6.45) is 3.85. The standard InChI is InChI=1S/C18H30N2/c1-4-18(16-9-6-5-7-10-16)20(13-15(2)3)14-17-11-8-12-19-17/h5-7,9-10,15,17-19H,4,8,11-14H2,1-3H3. The van der Waals surface area contributed by atoms with Gasteiger partial charge < -0.3 is 5.32 Å². The smallest absolute Gasteiger partial charge is 0.0346 e. The van der Waals surface area contributed by atoms with Crippen LogP contribution in [0.1, 0.15) is 51.6 Å². The second-order valence-corrected chi connectivity index (χ2v) is 6.48. The molecule has 1 saturated heterocycles. The lowest BCUT2D eigenvalue weighted by atomic mass is 10.0. The van der Waals surface area contributed by atoms with E-state index < -0.39 is 0 Å². The lowest BCUT2D eigenvalue weighted by Gasteiger charge is -2.34. The van der Waals surface area contributed by atoms with Crippen molar-refractivity contribution in [3.63, 3.8) is 0 Å². The topological polar surface area (TPSA) is 15.3 Å². The van der Waals surface area contributed by atoms with Crippen LogP contribution in [-0.4, -0.2) is 30.6 Å². The quantitative estimate of drug-likeness (QED) is 0.812. The molecule has 1 aromatic carbocycles. The summed E-state index contributed by atoms with van der Waals surface area (Å²) in [5.41, 5.74) is 1.47. The Balaban J connectivity index is 2.09. The molecule has 1 N–H and O–H groups in total. The van der Waals surface area contributed by atoms with Gasteiger partial charge in [-0.15, -0.1) is 0 Å². The van der Waals surface area contributed by atoms with Crippen molar-refractivity contribution in [3.8, 4) is 0 Å². The van der Waals surface area contributed by atoms with E-state index >= 15 is 0 Å². The second kappa shape index (κ2) is 7.80. The van der Waals surface area contributed by atoms with Crippen molar-refractivity contribution in [1.29, 1.82) is 0 Å². The number of hydrogen-bond donors (Lipinski definition) is 1. The Bertz CT molecular complexity index is 368. The van der Waals surface area contributed by atoms with E-state index in [1.165, 1.54) is 44.5 Å². The average molecular weight is 274 g/mol. The van der Waals surface area contributed by atoms with Gasteiger partial charge in [0.15, 0.2) is 0 Å². The lowest BCUT2D eigenvalue weighted by molar-refractivity contribution is 0.156. The zero-order valence-electron chi connectivity index (χ0n) is 13.3. The first-order valence-corrected chi connectivity index (χ1v) is 8.23. The highest BCUT2D eigenvalue weighted by atomic mass is 15.2. The molecule has 1 fully saturated rings. The van der Waals surface area contributed by atoms with E-state index in [4.69, 9.17) is 0 Å². The Labute approximate surface area is 124 Å². The van der Waals surface area contributed by atoms with Crippen molar-refractivity contribution in [2.45, 2.75) is 52.1 Å². The van der Waals surface area contributed by atoms with Gasteiger partial charge in [-0.2, -0.15) is 0 Å². The van der Waals surface area contributed by atoms with Gasteiger partial charge in [0.25, 0.3) is 0 Å². The third-order valence-electron chi connectivity index (χ3n) is 4.23. The fourth-order valence-electron chi connectivity index (χ4n) is 3.37. The molecule has 0 aromatic heterocycles. The first-order chi connectivity index (χ1) is 9.70. The first-order valence-electron chi connectivity index (χ1n) is 8.23. The van der Waals surface area contributed by atoms with Crippen LogP contribution in [0.15, 0.2) is 30.3 Å². The highest BCUT2D eigenvalue weighted by molar-refractivity contribution is 5.19. The maximum atomic E-state index is 3.65. The van der Waals surface area contributed by atoms with Gasteiger partial charge in [-0.05, 0) is 37.3 Å². The molecule has 1 heterocycles. The molecular formula is C18H30N2. The van der Waals surface area contributed by atoms with E-state index in [1.54, 1.807) is 0 Å². The normalized spacial score (nSPS) is 20.8. The summed E-state index contributed by atoms with van der Waals surface area (Å²) in [4.78, 5) is 2.70. The van der Waals surface area contributed by atoms with Gasteiger partial charge in [0.1, 0.15) is 0 Å². The van der Waals surface area contributed by atoms with Gasteiger partial charge in [-0.1, -0.05) is 51.1 Å². The maximum absolute atomic E-state index is 3.65. The molecule has 0 amide bonds. The van der Waals surface area contributed by atoms with Crippen LogP contribution in [0.3, 0.4) is 0 Å². The second-order valence-electron chi connectivity index (χ2n) is 6.48. The van der Waals surface area contributed by atoms with Crippen molar-refractivity contribution < 1.29 is 0 Å². The fraction of sp³-hybridized carbons (Fsp3) is 0.667. The number of rotatable bonds is 7. The van der Waals surface area contributed by atoms with Crippen LogP contribution in [0.5, 0.6) is 0 Å². The molecule has 1 aliphatic heterocycles. The Morgan fingerprint density at radius 1 is 1.25 bits per heavy atom. The molecule has 0 radical (unpaired) electrons. The van der Waals surface area contributed by atoms with Crippen LogP contribution < -0.4 is 5.32 Å². The number of hydrogen-bond acceptors (Lipinski definition) is 2. The summed E-state index contributed by atoms with van der Waals surface area (Å²) < 4.78 is 0. The first kappa shape index (κ1) is 15.5. The molecule has 0 bridgehead atoms. The molecule has 0 spiro atoms. The molecule has 1 aliphatic rings. The van der Waals surface area contributed by atoms with E-state index in [0.29, 0.717) is 18.0 Å². The largest absolute Gasteiger partial charge is 0.313 e. The van der Waals surface area contributed by atoms with Crippen molar-refractivity contribution in [2.75, 3.05) is 19.6 Å². The molecule has 20 heavy (non-hydrogen) atoms. The van der Waals surface area contributed by atoms with Crippen LogP contribution in [0.25, 0.3) is 0 Å². The molecule has 0 aliphatic carbocycles. The minimum absolute atomic E-state index is 0.556. The average Bonchev–Trinajstić information content (AvgIpc) is 2.93. The van der Waals surface area contributed by atoms with E-state index in [9.17, 15) is 0 Å². The van der Waals surface area contributed by atoms with Crippen molar-refractivity contribution in [2.24, 2.45) is 5.92 Å². The molecule has 2 rings (SSSR count). The van der Waals surface area contributed by atoms with Crippen molar-refractivity contribution >= 4 is 0 Å². The summed E-state index contributed by atoms with van der Waals surface area (Å²) in [6.45, 7) is 10.5. The minimum Gasteiger partial charge on any atom is -0.313 e. The molecule has 2 unspecified atom stereocenters. The molecule has 112 valence electrons. The molecular weight excluding hydrogens is 244 g/mol. The Morgan fingerprint density at radius 2 is 2.00 bits per heavy atom. The van der Waals surface area contributed by atoms with Crippen molar-refractivity contribution in [1.82, 2.24) is 10.2 Å². The molecule has 2 heteroatoms. The summed E-state index contributed by atoms with van der Waals surface area (Å²) in [7, 11) is 0. The van der Waals surface area contributed by atoms with Gasteiger partial charge in [0.2, 0.25) is 0 Å². The highest BCUT2D eigenvalue weighted by Crippen LogP contribution is 2.26. The fourth-order valence-corrected chi connectivity index (χ4v) is 3.37. The van der Waals surface area contributed by atoms with Gasteiger partial charge in [-0.25, -0.2) is 0 Å². The number of nitrogens with zero attached hydrogens (tertiary/aromatic N) is 1. The van der Waals surface area contributed by atoms with Crippen LogP contribution in [-0.2, 0) is 0 Å². The summed E-state index contributed by atoms with van der Waals surface area (Å²) in [6, 6.07) is 12.3. The summed E-state index contributed by atoms with van der Waals surface area (Å²) in [5.74, 6) is 0.717. The van der Waals surface area contributed by atoms with Gasteiger partial charge in [0, 0.05) is 25.2 Å². The third-order valence-corrected chi connectivity index (χ3v) is 4.23. The predicted molar refractivity (Wildman–Crippen MR) is 86.9 cm³/mol. The lowest BCUT2D eigenvalue weighted by Crippen LogP contribution is -2.41. The van der Waals surface area contributed by atoms with E-state index in [2.05, 4.69) is 61.3 Å². The van der Waals surface area contributed by atoms with E-state index in [-0.39, 0.29) is 0 Å². The predicted octanol–water partition coefficient (Wildman–Crippen LogP) is 3.85. The molecule has 2 nitrogen and oxygen atoms in total. The zero-order chi connectivity index (χ0) is 14.4. The van der Waals surface area contributed by atoms with Crippen LogP contribution >= 0.6 is 0 Å². The maximum Gasteiger partial charge on any atom is 0.0346 e. The SMILES string of the molecule is CCC(c1ccccc1)N(CC(C)C)CC1CCCN1. The number of benzene rings is 1. The van der Waals surface area contributed by atoms with Gasteiger partial charge in [-0.3, -0.25) is 4.90 Å². The van der Waals surface area contributed by atoms with Crippen LogP contribution in [0, 0.1) is 5.92 Å². The van der Waals surface area contributed by atoms with Crippen LogP contribution in [0.2, 0.25) is 0 Å². The summed E-state index contributed by atoms with van der Waals surface area (Å²) >= 11 is 0. The molecule has 2 atom stereocenters. The van der Waals surface area contributed by atoms with E-state index in [1.807, 2.05) is 0 Å². The van der Waals surface area contributed by atoms with E-state index in [0.717, 1.165) is 0 Å². The van der Waals surface area contributed by atoms with Crippen LogP contribution in [0.4, 0.5) is 0 Å². The highest BCUT2D eigenvalue weighted by Gasteiger charge is 2.24. The molecule has 0 saturated carbocycles. The Hall–Kier alpha value is -0.860. The monoisotopic (exact) mass is 274 g/mol. The Kier molecular flexibility index (Phi) is 6.06. The summed E-state index contributed by atoms with van der Waals surface area (Å²) in [5, 5.41) is 3.65. The van der Waals surface area contributed by atoms with Gasteiger partial charge >= 0.3 is 0 Å². The number of nitrogens with one attached hydrogen (secondary N) is 1. The third kappa shape index (κ3) is 4.32. The van der Waals surface area contributed by atoms with Crippen molar-refractivity contribution in [3.05, 3.63) is 35.9 Å². The van der Waals surface area contributed by atoms with Gasteiger partial charge in [0.05, 0.1) is 0 Å². The molecule has 1 aromatic rings. The Morgan fingerprint density at radius 3 is 2.55 bits per heavy atom.